The van der Waals surface area contributed by atoms with Gasteiger partial charge in [-0.25, -0.2) is 4.68 Å². The second-order valence-corrected chi connectivity index (χ2v) is 6.13. The molecular formula is C14H21ClN4O. The van der Waals surface area contributed by atoms with Crippen molar-refractivity contribution >= 4 is 17.3 Å². The number of anilines is 1. The van der Waals surface area contributed by atoms with E-state index >= 15 is 0 Å². The molecule has 1 saturated heterocycles. The van der Waals surface area contributed by atoms with Crippen molar-refractivity contribution in [3.63, 3.8) is 0 Å². The van der Waals surface area contributed by atoms with Gasteiger partial charge in [0.05, 0.1) is 11.9 Å². The third-order valence-corrected chi connectivity index (χ3v) is 4.43. The van der Waals surface area contributed by atoms with Gasteiger partial charge in [0.25, 0.3) is 5.56 Å². The van der Waals surface area contributed by atoms with Crippen LogP contribution in [0.15, 0.2) is 11.0 Å². The van der Waals surface area contributed by atoms with Gasteiger partial charge >= 0.3 is 0 Å². The minimum absolute atomic E-state index is 0.199. The fraction of sp³-hybridized carbons (Fsp3) is 0.714. The Kier molecular flexibility index (Phi) is 3.98. The molecule has 110 valence electrons. The Labute approximate surface area is 123 Å². The monoisotopic (exact) mass is 296 g/mol. The molecule has 1 unspecified atom stereocenters. The van der Waals surface area contributed by atoms with Crippen LogP contribution < -0.4 is 10.9 Å². The zero-order valence-corrected chi connectivity index (χ0v) is 12.6. The van der Waals surface area contributed by atoms with Gasteiger partial charge in [-0.2, -0.15) is 5.10 Å². The zero-order chi connectivity index (χ0) is 14.1. The summed E-state index contributed by atoms with van der Waals surface area (Å²) < 4.78 is 1.43. The second-order valence-electron chi connectivity index (χ2n) is 5.76. The summed E-state index contributed by atoms with van der Waals surface area (Å²) in [4.78, 5) is 14.6. The molecule has 2 fully saturated rings. The highest BCUT2D eigenvalue weighted by molar-refractivity contribution is 6.32. The fourth-order valence-corrected chi connectivity index (χ4v) is 3.03. The smallest absolute Gasteiger partial charge is 0.287 e. The van der Waals surface area contributed by atoms with E-state index in [4.69, 9.17) is 11.6 Å². The highest BCUT2D eigenvalue weighted by Crippen LogP contribution is 2.31. The number of nitrogens with zero attached hydrogens (tertiary/aromatic N) is 3. The Hall–Kier alpha value is -1.07. The normalized spacial score (nSPS) is 23.2. The molecule has 0 bridgehead atoms. The summed E-state index contributed by atoms with van der Waals surface area (Å²) in [6.07, 6.45) is 6.32. The van der Waals surface area contributed by atoms with E-state index in [1.807, 2.05) is 6.92 Å². The molecule has 1 atom stereocenters. The third kappa shape index (κ3) is 2.83. The Morgan fingerprint density at radius 1 is 1.45 bits per heavy atom. The van der Waals surface area contributed by atoms with Crippen LogP contribution in [0, 0.1) is 0 Å². The molecule has 1 saturated carbocycles. The van der Waals surface area contributed by atoms with E-state index in [0.717, 1.165) is 32.0 Å². The van der Waals surface area contributed by atoms with Crippen molar-refractivity contribution in [3.8, 4) is 0 Å². The molecule has 20 heavy (non-hydrogen) atoms. The average molecular weight is 297 g/mol. The summed E-state index contributed by atoms with van der Waals surface area (Å²) in [6.45, 7) is 4.80. The SMILES string of the molecule is CCCn1ncc(NC2CCN(C3CC3)C2)c(Cl)c1=O. The van der Waals surface area contributed by atoms with E-state index < -0.39 is 0 Å². The number of halogens is 1. The minimum Gasteiger partial charge on any atom is -0.378 e. The highest BCUT2D eigenvalue weighted by Gasteiger charge is 2.34. The van der Waals surface area contributed by atoms with Gasteiger partial charge in [0.1, 0.15) is 5.02 Å². The largest absolute Gasteiger partial charge is 0.378 e. The van der Waals surface area contributed by atoms with Gasteiger partial charge in [0.2, 0.25) is 0 Å². The van der Waals surface area contributed by atoms with Crippen LogP contribution >= 0.6 is 11.6 Å². The fourth-order valence-electron chi connectivity index (χ4n) is 2.83. The van der Waals surface area contributed by atoms with Gasteiger partial charge in [0, 0.05) is 31.7 Å². The highest BCUT2D eigenvalue weighted by atomic mass is 35.5. The summed E-state index contributed by atoms with van der Waals surface area (Å²) in [6, 6.07) is 1.17. The number of aromatic nitrogens is 2. The first-order chi connectivity index (χ1) is 9.69. The van der Waals surface area contributed by atoms with Crippen LogP contribution in [-0.2, 0) is 6.54 Å². The lowest BCUT2D eigenvalue weighted by Crippen LogP contribution is -2.29. The van der Waals surface area contributed by atoms with Crippen molar-refractivity contribution in [2.75, 3.05) is 18.4 Å². The summed E-state index contributed by atoms with van der Waals surface area (Å²) in [7, 11) is 0. The lowest BCUT2D eigenvalue weighted by molar-refractivity contribution is 0.326. The van der Waals surface area contributed by atoms with Crippen LogP contribution in [0.5, 0.6) is 0 Å². The first-order valence-corrected chi connectivity index (χ1v) is 7.83. The van der Waals surface area contributed by atoms with Crippen molar-refractivity contribution < 1.29 is 0 Å². The van der Waals surface area contributed by atoms with Gasteiger partial charge in [-0.05, 0) is 25.7 Å². The molecule has 1 aliphatic heterocycles. The lowest BCUT2D eigenvalue weighted by atomic mass is 10.2. The molecule has 1 aromatic rings. The molecule has 3 rings (SSSR count). The molecule has 1 N–H and O–H groups in total. The van der Waals surface area contributed by atoms with Crippen LogP contribution in [0.3, 0.4) is 0 Å². The van der Waals surface area contributed by atoms with Crippen LogP contribution in [0.1, 0.15) is 32.6 Å². The van der Waals surface area contributed by atoms with Crippen LogP contribution in [0.2, 0.25) is 5.02 Å². The van der Waals surface area contributed by atoms with E-state index in [1.165, 1.54) is 17.5 Å². The Morgan fingerprint density at radius 2 is 2.25 bits per heavy atom. The summed E-state index contributed by atoms with van der Waals surface area (Å²) in [5, 5.41) is 7.83. The lowest BCUT2D eigenvalue weighted by Gasteiger charge is -2.17. The summed E-state index contributed by atoms with van der Waals surface area (Å²) >= 11 is 6.17. The minimum atomic E-state index is -0.199. The van der Waals surface area contributed by atoms with Crippen molar-refractivity contribution in [1.82, 2.24) is 14.7 Å². The molecule has 6 heteroatoms. The van der Waals surface area contributed by atoms with E-state index in [9.17, 15) is 4.79 Å². The van der Waals surface area contributed by atoms with Crippen molar-refractivity contribution in [3.05, 3.63) is 21.6 Å². The Balaban J connectivity index is 1.68. The van der Waals surface area contributed by atoms with Gasteiger partial charge in [-0.1, -0.05) is 18.5 Å². The number of rotatable bonds is 5. The number of hydrogen-bond donors (Lipinski definition) is 1. The summed E-state index contributed by atoms with van der Waals surface area (Å²) in [5.74, 6) is 0. The number of nitrogens with one attached hydrogen (secondary N) is 1. The number of aryl methyl sites for hydroxylation is 1. The molecule has 0 radical (unpaired) electrons. The van der Waals surface area contributed by atoms with Crippen molar-refractivity contribution in [2.45, 2.75) is 51.2 Å². The molecule has 1 aromatic heterocycles. The van der Waals surface area contributed by atoms with Crippen molar-refractivity contribution in [2.24, 2.45) is 0 Å². The standard InChI is InChI=1S/C14H21ClN4O/c1-2-6-19-14(20)13(15)12(8-16-19)17-10-5-7-18(9-10)11-3-4-11/h8,10-11,17H,2-7,9H2,1H3. The van der Waals surface area contributed by atoms with E-state index in [-0.39, 0.29) is 10.6 Å². The maximum atomic E-state index is 12.1. The van der Waals surface area contributed by atoms with E-state index in [2.05, 4.69) is 15.3 Å². The predicted octanol–water partition coefficient (Wildman–Crippen LogP) is 1.96. The quantitative estimate of drug-likeness (QED) is 0.902. The topological polar surface area (TPSA) is 50.2 Å². The van der Waals surface area contributed by atoms with Crippen LogP contribution in [0.4, 0.5) is 5.69 Å². The van der Waals surface area contributed by atoms with Crippen LogP contribution in [-0.4, -0.2) is 39.9 Å². The maximum absolute atomic E-state index is 12.1. The van der Waals surface area contributed by atoms with Gasteiger partial charge in [-0.15, -0.1) is 0 Å². The average Bonchev–Trinajstić information content (AvgIpc) is 3.19. The molecule has 0 spiro atoms. The first kappa shape index (κ1) is 13.9. The predicted molar refractivity (Wildman–Crippen MR) is 80.4 cm³/mol. The maximum Gasteiger partial charge on any atom is 0.287 e. The molecule has 2 aliphatic rings. The second kappa shape index (κ2) is 5.74. The van der Waals surface area contributed by atoms with Crippen molar-refractivity contribution in [1.29, 1.82) is 0 Å². The van der Waals surface area contributed by atoms with Gasteiger partial charge < -0.3 is 5.32 Å². The molecule has 5 nitrogen and oxygen atoms in total. The molecule has 1 aliphatic carbocycles. The first-order valence-electron chi connectivity index (χ1n) is 7.45. The molecule has 2 heterocycles. The van der Waals surface area contributed by atoms with Gasteiger partial charge in [-0.3, -0.25) is 9.69 Å². The van der Waals surface area contributed by atoms with E-state index in [0.29, 0.717) is 18.3 Å². The zero-order valence-electron chi connectivity index (χ0n) is 11.8. The van der Waals surface area contributed by atoms with Gasteiger partial charge in [0.15, 0.2) is 0 Å². The Bertz CT molecular complexity index is 540. The molecule has 0 amide bonds. The number of likely N-dealkylation sites (tertiary alicyclic amines) is 1. The van der Waals surface area contributed by atoms with Crippen LogP contribution in [0.25, 0.3) is 0 Å². The Morgan fingerprint density at radius 3 is 2.95 bits per heavy atom. The molecular weight excluding hydrogens is 276 g/mol. The molecule has 0 aromatic carbocycles. The summed E-state index contributed by atoms with van der Waals surface area (Å²) in [5.41, 5.74) is 0.474. The third-order valence-electron chi connectivity index (χ3n) is 4.06. The van der Waals surface area contributed by atoms with E-state index in [1.54, 1.807) is 6.20 Å². The number of hydrogen-bond acceptors (Lipinski definition) is 4.